The largest absolute Gasteiger partial charge is 0.349 e. The van der Waals surface area contributed by atoms with E-state index in [2.05, 4.69) is 27.7 Å². The van der Waals surface area contributed by atoms with E-state index in [-0.39, 0.29) is 22.7 Å². The first-order valence-corrected chi connectivity index (χ1v) is 4.44. The van der Waals surface area contributed by atoms with Crippen LogP contribution in [0.15, 0.2) is 0 Å². The summed E-state index contributed by atoms with van der Waals surface area (Å²) in [6.45, 7) is 8.66. The highest BCUT2D eigenvalue weighted by molar-refractivity contribution is 5.83. The molecule has 1 aliphatic rings. The molecule has 0 atom stereocenters. The van der Waals surface area contributed by atoms with Gasteiger partial charge in [-0.2, -0.15) is 0 Å². The molecule has 0 aromatic rings. The van der Waals surface area contributed by atoms with E-state index in [4.69, 9.17) is 0 Å². The Hall–Kier alpha value is -0.530. The SMILES string of the molecule is CN(C)C(=O)C1C(C)(C)C1(C)C. The fraction of sp³-hybridized carbons (Fsp3) is 0.900. The van der Waals surface area contributed by atoms with Crippen molar-refractivity contribution in [1.29, 1.82) is 0 Å². The van der Waals surface area contributed by atoms with E-state index in [1.165, 1.54) is 0 Å². The van der Waals surface area contributed by atoms with Crippen LogP contribution < -0.4 is 0 Å². The second-order valence-corrected chi connectivity index (χ2v) is 5.11. The van der Waals surface area contributed by atoms with Gasteiger partial charge in [-0.05, 0) is 10.8 Å². The van der Waals surface area contributed by atoms with Crippen molar-refractivity contribution >= 4 is 5.91 Å². The van der Waals surface area contributed by atoms with E-state index in [0.717, 1.165) is 0 Å². The van der Waals surface area contributed by atoms with Crippen LogP contribution in [0.3, 0.4) is 0 Å². The summed E-state index contributed by atoms with van der Waals surface area (Å²) < 4.78 is 0. The lowest BCUT2D eigenvalue weighted by Gasteiger charge is -2.11. The van der Waals surface area contributed by atoms with Crippen LogP contribution in [0.25, 0.3) is 0 Å². The molecule has 0 spiro atoms. The lowest BCUT2D eigenvalue weighted by Crippen LogP contribution is -2.25. The second-order valence-electron chi connectivity index (χ2n) is 5.11. The monoisotopic (exact) mass is 169 g/mol. The third-order valence-corrected chi connectivity index (χ3v) is 3.71. The van der Waals surface area contributed by atoms with E-state index in [1.54, 1.807) is 4.90 Å². The van der Waals surface area contributed by atoms with Crippen LogP contribution in [0, 0.1) is 16.7 Å². The van der Waals surface area contributed by atoms with Crippen LogP contribution in [0.1, 0.15) is 27.7 Å². The smallest absolute Gasteiger partial charge is 0.226 e. The Morgan fingerprint density at radius 2 is 1.42 bits per heavy atom. The highest BCUT2D eigenvalue weighted by Gasteiger charge is 2.68. The van der Waals surface area contributed by atoms with Crippen molar-refractivity contribution in [3.63, 3.8) is 0 Å². The lowest BCUT2D eigenvalue weighted by atomic mass is 10.0. The van der Waals surface area contributed by atoms with Crippen molar-refractivity contribution in [2.24, 2.45) is 16.7 Å². The van der Waals surface area contributed by atoms with Crippen LogP contribution in [0.5, 0.6) is 0 Å². The van der Waals surface area contributed by atoms with E-state index in [9.17, 15) is 4.79 Å². The van der Waals surface area contributed by atoms with Gasteiger partial charge in [0.15, 0.2) is 0 Å². The molecule has 0 heterocycles. The van der Waals surface area contributed by atoms with Crippen LogP contribution >= 0.6 is 0 Å². The fourth-order valence-corrected chi connectivity index (χ4v) is 2.07. The third kappa shape index (κ3) is 0.970. The summed E-state index contributed by atoms with van der Waals surface area (Å²) in [6, 6.07) is 0. The van der Waals surface area contributed by atoms with Gasteiger partial charge in [-0.3, -0.25) is 4.79 Å². The van der Waals surface area contributed by atoms with Gasteiger partial charge in [-0.1, -0.05) is 27.7 Å². The van der Waals surface area contributed by atoms with Crippen LogP contribution in [-0.2, 0) is 4.79 Å². The molecule has 0 N–H and O–H groups in total. The summed E-state index contributed by atoms with van der Waals surface area (Å²) >= 11 is 0. The Labute approximate surface area is 74.9 Å². The van der Waals surface area contributed by atoms with Gasteiger partial charge in [-0.15, -0.1) is 0 Å². The zero-order chi connectivity index (χ0) is 9.73. The normalized spacial score (nSPS) is 25.2. The van der Waals surface area contributed by atoms with Crippen molar-refractivity contribution in [3.05, 3.63) is 0 Å². The topological polar surface area (TPSA) is 20.3 Å². The number of hydrogen-bond acceptors (Lipinski definition) is 1. The maximum Gasteiger partial charge on any atom is 0.226 e. The van der Waals surface area contributed by atoms with Gasteiger partial charge in [0, 0.05) is 20.0 Å². The first-order chi connectivity index (χ1) is 5.23. The minimum absolute atomic E-state index is 0.175. The molecule has 12 heavy (non-hydrogen) atoms. The quantitative estimate of drug-likeness (QED) is 0.585. The summed E-state index contributed by atoms with van der Waals surface area (Å²) in [5.41, 5.74) is 0.350. The number of nitrogens with zero attached hydrogens (tertiary/aromatic N) is 1. The molecular formula is C10H19NO. The molecule has 0 saturated heterocycles. The Morgan fingerprint density at radius 3 is 1.50 bits per heavy atom. The zero-order valence-electron chi connectivity index (χ0n) is 8.93. The predicted molar refractivity (Wildman–Crippen MR) is 49.7 cm³/mol. The van der Waals surface area contributed by atoms with E-state index in [1.807, 2.05) is 14.1 Å². The minimum atomic E-state index is 0.175. The average Bonchev–Trinajstić information content (AvgIpc) is 2.23. The maximum atomic E-state index is 11.7. The molecule has 1 rings (SSSR count). The van der Waals surface area contributed by atoms with Crippen molar-refractivity contribution < 1.29 is 4.79 Å². The van der Waals surface area contributed by atoms with E-state index in [0.29, 0.717) is 0 Å². The van der Waals surface area contributed by atoms with Gasteiger partial charge >= 0.3 is 0 Å². The molecule has 1 fully saturated rings. The molecule has 0 aromatic carbocycles. The van der Waals surface area contributed by atoms with Crippen molar-refractivity contribution in [2.75, 3.05) is 14.1 Å². The van der Waals surface area contributed by atoms with Gasteiger partial charge < -0.3 is 4.90 Å². The summed E-state index contributed by atoms with van der Waals surface area (Å²) in [7, 11) is 3.65. The maximum absolute atomic E-state index is 11.7. The predicted octanol–water partition coefficient (Wildman–Crippen LogP) is 1.76. The number of carbonyl (C=O) groups is 1. The van der Waals surface area contributed by atoms with Crippen LogP contribution in [0.4, 0.5) is 0 Å². The molecule has 0 aliphatic heterocycles. The van der Waals surface area contributed by atoms with Gasteiger partial charge in [0.25, 0.3) is 0 Å². The Bertz CT molecular complexity index is 202. The van der Waals surface area contributed by atoms with Gasteiger partial charge in [0.1, 0.15) is 0 Å². The van der Waals surface area contributed by atoms with Gasteiger partial charge in [-0.25, -0.2) is 0 Å². The molecule has 0 bridgehead atoms. The fourth-order valence-electron chi connectivity index (χ4n) is 2.07. The van der Waals surface area contributed by atoms with Gasteiger partial charge in [0.2, 0.25) is 5.91 Å². The minimum Gasteiger partial charge on any atom is -0.349 e. The Balaban J connectivity index is 2.78. The number of rotatable bonds is 1. The molecule has 2 heteroatoms. The van der Waals surface area contributed by atoms with Gasteiger partial charge in [0.05, 0.1) is 0 Å². The van der Waals surface area contributed by atoms with Crippen molar-refractivity contribution in [3.8, 4) is 0 Å². The zero-order valence-corrected chi connectivity index (χ0v) is 8.93. The molecular weight excluding hydrogens is 150 g/mol. The van der Waals surface area contributed by atoms with Crippen molar-refractivity contribution in [2.45, 2.75) is 27.7 Å². The summed E-state index contributed by atoms with van der Waals surface area (Å²) in [6.07, 6.45) is 0. The molecule has 1 amide bonds. The lowest BCUT2D eigenvalue weighted by molar-refractivity contribution is -0.131. The summed E-state index contributed by atoms with van der Waals surface area (Å²) in [5.74, 6) is 0.477. The average molecular weight is 169 g/mol. The first kappa shape index (κ1) is 9.56. The standard InChI is InChI=1S/C10H19NO/c1-9(2)7(10(9,3)4)8(12)11(5)6/h7H,1-6H3. The molecule has 0 aromatic heterocycles. The van der Waals surface area contributed by atoms with Crippen LogP contribution in [0.2, 0.25) is 0 Å². The number of carbonyl (C=O) groups excluding carboxylic acids is 1. The number of amides is 1. The summed E-state index contributed by atoms with van der Waals surface area (Å²) in [4.78, 5) is 13.4. The molecule has 0 radical (unpaired) electrons. The van der Waals surface area contributed by atoms with Crippen LogP contribution in [-0.4, -0.2) is 24.9 Å². The first-order valence-electron chi connectivity index (χ1n) is 4.44. The molecule has 0 unspecified atom stereocenters. The third-order valence-electron chi connectivity index (χ3n) is 3.71. The highest BCUT2D eigenvalue weighted by atomic mass is 16.2. The molecule has 1 aliphatic carbocycles. The van der Waals surface area contributed by atoms with E-state index < -0.39 is 0 Å². The Kier molecular flexibility index (Phi) is 1.78. The molecule has 1 saturated carbocycles. The summed E-state index contributed by atoms with van der Waals surface area (Å²) in [5, 5.41) is 0. The molecule has 2 nitrogen and oxygen atoms in total. The number of hydrogen-bond donors (Lipinski definition) is 0. The highest BCUT2D eigenvalue weighted by Crippen LogP contribution is 2.68. The molecule has 70 valence electrons. The second kappa shape index (κ2) is 2.24. The van der Waals surface area contributed by atoms with E-state index >= 15 is 0 Å². The Morgan fingerprint density at radius 1 is 1.08 bits per heavy atom. The van der Waals surface area contributed by atoms with Crippen molar-refractivity contribution in [1.82, 2.24) is 4.90 Å².